The SMILES string of the molecule is CNC(=O)c1c(-c2ccc(F)cc2)oc2cc([N+](=O)[O-])c(-c3ccc(OC)c(COOC)c3)cc12. The number of benzene rings is 3. The normalized spacial score (nSPS) is 11.0. The average Bonchev–Trinajstić information content (AvgIpc) is 3.24. The van der Waals surface area contributed by atoms with Crippen LogP contribution in [0.25, 0.3) is 33.4 Å². The van der Waals surface area contributed by atoms with Crippen molar-refractivity contribution in [2.45, 2.75) is 6.61 Å². The van der Waals surface area contributed by atoms with E-state index in [1.165, 1.54) is 57.7 Å². The standard InChI is InChI=1S/C25H21FN2O7/c1-27-25(29)23-19-11-18(15-6-9-21(32-2)16(10-15)13-34-33-3)20(28(30)31)12-22(19)35-24(23)14-4-7-17(26)8-5-14/h4-12H,13H2,1-3H3,(H,27,29). The van der Waals surface area contributed by atoms with Gasteiger partial charge in [0.1, 0.15) is 29.5 Å². The fourth-order valence-electron chi connectivity index (χ4n) is 3.85. The molecule has 0 saturated carbocycles. The minimum atomic E-state index is -0.524. The van der Waals surface area contributed by atoms with Gasteiger partial charge in [-0.1, -0.05) is 6.07 Å². The molecule has 3 aromatic carbocycles. The Hall–Kier alpha value is -4.28. The molecule has 1 N–H and O–H groups in total. The number of fused-ring (bicyclic) bond motifs is 1. The van der Waals surface area contributed by atoms with E-state index in [1.54, 1.807) is 18.2 Å². The molecule has 0 aliphatic carbocycles. The number of hydrogen-bond donors (Lipinski definition) is 1. The van der Waals surface area contributed by atoms with Crippen LogP contribution in [0.2, 0.25) is 0 Å². The maximum Gasteiger partial charge on any atom is 0.280 e. The maximum absolute atomic E-state index is 13.5. The van der Waals surface area contributed by atoms with Gasteiger partial charge in [0.25, 0.3) is 11.6 Å². The molecule has 180 valence electrons. The number of ether oxygens (including phenoxy) is 1. The summed E-state index contributed by atoms with van der Waals surface area (Å²) < 4.78 is 24.7. The summed E-state index contributed by atoms with van der Waals surface area (Å²) in [5.74, 6) is -0.207. The van der Waals surface area contributed by atoms with E-state index in [4.69, 9.17) is 14.0 Å². The third-order valence-corrected chi connectivity index (χ3v) is 5.49. The van der Waals surface area contributed by atoms with Crippen molar-refractivity contribution >= 4 is 22.6 Å². The number of furan rings is 1. The largest absolute Gasteiger partial charge is 0.496 e. The number of carbonyl (C=O) groups excluding carboxylic acids is 1. The molecule has 0 fully saturated rings. The summed E-state index contributed by atoms with van der Waals surface area (Å²) in [6.07, 6.45) is 0. The lowest BCUT2D eigenvalue weighted by Crippen LogP contribution is -2.18. The third-order valence-electron chi connectivity index (χ3n) is 5.49. The molecule has 1 aromatic heterocycles. The summed E-state index contributed by atoms with van der Waals surface area (Å²) in [6, 6.07) is 13.3. The monoisotopic (exact) mass is 480 g/mol. The second kappa shape index (κ2) is 9.92. The van der Waals surface area contributed by atoms with Crippen LogP contribution in [-0.4, -0.2) is 32.1 Å². The van der Waals surface area contributed by atoms with Crippen molar-refractivity contribution in [1.82, 2.24) is 5.32 Å². The van der Waals surface area contributed by atoms with Crippen LogP contribution in [0.3, 0.4) is 0 Å². The maximum atomic E-state index is 13.5. The predicted molar refractivity (Wildman–Crippen MR) is 125 cm³/mol. The molecule has 0 spiro atoms. The van der Waals surface area contributed by atoms with Crippen molar-refractivity contribution in [2.75, 3.05) is 21.3 Å². The van der Waals surface area contributed by atoms with Gasteiger partial charge < -0.3 is 14.5 Å². The second-order valence-electron chi connectivity index (χ2n) is 7.47. The highest BCUT2D eigenvalue weighted by Gasteiger charge is 2.26. The average molecular weight is 480 g/mol. The molecule has 1 heterocycles. The summed E-state index contributed by atoms with van der Waals surface area (Å²) in [6.45, 7) is 0.0491. The van der Waals surface area contributed by atoms with Gasteiger partial charge in [-0.05, 0) is 48.0 Å². The lowest BCUT2D eigenvalue weighted by atomic mass is 9.97. The smallest absolute Gasteiger partial charge is 0.280 e. The summed E-state index contributed by atoms with van der Waals surface area (Å²) in [4.78, 5) is 34.0. The van der Waals surface area contributed by atoms with Crippen LogP contribution in [0.1, 0.15) is 15.9 Å². The van der Waals surface area contributed by atoms with Gasteiger partial charge in [-0.15, -0.1) is 0 Å². The van der Waals surface area contributed by atoms with E-state index in [0.717, 1.165) is 0 Å². The summed E-state index contributed by atoms with van der Waals surface area (Å²) in [7, 11) is 4.33. The molecule has 0 saturated heterocycles. The van der Waals surface area contributed by atoms with Gasteiger partial charge in [0.15, 0.2) is 0 Å². The molecule has 1 amide bonds. The van der Waals surface area contributed by atoms with Crippen molar-refractivity contribution in [1.29, 1.82) is 0 Å². The Kier molecular flexibility index (Phi) is 6.76. The molecule has 9 nitrogen and oxygen atoms in total. The fraction of sp³-hybridized carbons (Fsp3) is 0.160. The molecule has 0 aliphatic rings. The second-order valence-corrected chi connectivity index (χ2v) is 7.47. The van der Waals surface area contributed by atoms with Crippen molar-refractivity contribution < 1.29 is 33.0 Å². The highest BCUT2D eigenvalue weighted by molar-refractivity contribution is 6.12. The fourth-order valence-corrected chi connectivity index (χ4v) is 3.85. The highest BCUT2D eigenvalue weighted by Crippen LogP contribution is 2.41. The molecule has 35 heavy (non-hydrogen) atoms. The predicted octanol–water partition coefficient (Wildman–Crippen LogP) is 5.26. The molecule has 0 atom stereocenters. The number of hydrogen-bond acceptors (Lipinski definition) is 7. The Morgan fingerprint density at radius 1 is 1.09 bits per heavy atom. The van der Waals surface area contributed by atoms with E-state index in [1.807, 2.05) is 0 Å². The van der Waals surface area contributed by atoms with Gasteiger partial charge in [0, 0.05) is 23.6 Å². The number of nitrogens with zero attached hydrogens (tertiary/aromatic N) is 1. The molecule has 4 aromatic rings. The first-order valence-corrected chi connectivity index (χ1v) is 10.4. The van der Waals surface area contributed by atoms with Gasteiger partial charge in [0.05, 0.1) is 36.3 Å². The van der Waals surface area contributed by atoms with Crippen molar-refractivity contribution in [3.8, 4) is 28.2 Å². The van der Waals surface area contributed by atoms with Crippen LogP contribution in [0, 0.1) is 15.9 Å². The Labute approximate surface area is 199 Å². The Morgan fingerprint density at radius 2 is 1.80 bits per heavy atom. The van der Waals surface area contributed by atoms with Crippen molar-refractivity contribution in [3.05, 3.63) is 81.7 Å². The van der Waals surface area contributed by atoms with Gasteiger partial charge in [-0.2, -0.15) is 0 Å². The number of halogens is 1. The van der Waals surface area contributed by atoms with Gasteiger partial charge in [-0.3, -0.25) is 14.9 Å². The molecule has 0 bridgehead atoms. The van der Waals surface area contributed by atoms with Gasteiger partial charge in [-0.25, -0.2) is 14.2 Å². The highest BCUT2D eigenvalue weighted by atomic mass is 19.1. The Balaban J connectivity index is 1.98. The topological polar surface area (TPSA) is 113 Å². The van der Waals surface area contributed by atoms with Crippen LogP contribution in [0.15, 0.2) is 59.0 Å². The molecule has 0 aliphatic heterocycles. The van der Waals surface area contributed by atoms with E-state index < -0.39 is 16.6 Å². The number of methoxy groups -OCH3 is 1. The zero-order chi connectivity index (χ0) is 25.1. The number of carbonyl (C=O) groups is 1. The van der Waals surface area contributed by atoms with E-state index in [2.05, 4.69) is 10.2 Å². The number of nitro groups is 1. The Morgan fingerprint density at radius 3 is 2.43 bits per heavy atom. The van der Waals surface area contributed by atoms with Gasteiger partial charge >= 0.3 is 0 Å². The van der Waals surface area contributed by atoms with Crippen LogP contribution in [-0.2, 0) is 16.4 Å². The minimum absolute atomic E-state index is 0.0491. The number of rotatable bonds is 8. The lowest BCUT2D eigenvalue weighted by Gasteiger charge is -2.11. The lowest BCUT2D eigenvalue weighted by molar-refractivity contribution is -0.384. The number of amides is 1. The third kappa shape index (κ3) is 4.57. The molecule has 0 unspecified atom stereocenters. The summed E-state index contributed by atoms with van der Waals surface area (Å²) in [5, 5.41) is 14.9. The zero-order valence-corrected chi connectivity index (χ0v) is 19.1. The summed E-state index contributed by atoms with van der Waals surface area (Å²) in [5.41, 5.74) is 1.93. The molecular formula is C25H21FN2O7. The Bertz CT molecular complexity index is 1410. The number of nitro benzene ring substituents is 1. The molecular weight excluding hydrogens is 459 g/mol. The van der Waals surface area contributed by atoms with Crippen LogP contribution in [0.5, 0.6) is 5.75 Å². The first kappa shape index (κ1) is 23.9. The zero-order valence-electron chi connectivity index (χ0n) is 19.1. The van der Waals surface area contributed by atoms with Crippen LogP contribution < -0.4 is 10.1 Å². The van der Waals surface area contributed by atoms with E-state index >= 15 is 0 Å². The van der Waals surface area contributed by atoms with Crippen LogP contribution in [0.4, 0.5) is 10.1 Å². The molecule has 10 heteroatoms. The molecule has 4 rings (SSSR count). The van der Waals surface area contributed by atoms with Crippen molar-refractivity contribution in [2.24, 2.45) is 0 Å². The van der Waals surface area contributed by atoms with E-state index in [0.29, 0.717) is 27.8 Å². The van der Waals surface area contributed by atoms with Gasteiger partial charge in [0.2, 0.25) is 0 Å². The van der Waals surface area contributed by atoms with Crippen molar-refractivity contribution in [3.63, 3.8) is 0 Å². The first-order chi connectivity index (χ1) is 16.9. The summed E-state index contributed by atoms with van der Waals surface area (Å²) >= 11 is 0. The molecule has 0 radical (unpaired) electrons. The minimum Gasteiger partial charge on any atom is -0.496 e. The number of nitrogens with one attached hydrogen (secondary N) is 1. The van der Waals surface area contributed by atoms with E-state index in [-0.39, 0.29) is 34.8 Å². The van der Waals surface area contributed by atoms with Crippen LogP contribution >= 0.6 is 0 Å². The quantitative estimate of drug-likeness (QED) is 0.208. The first-order valence-electron chi connectivity index (χ1n) is 10.4. The van der Waals surface area contributed by atoms with E-state index in [9.17, 15) is 19.3 Å².